The molecule has 0 heterocycles. The minimum atomic E-state index is -0.619. The van der Waals surface area contributed by atoms with Crippen LogP contribution in [-0.2, 0) is 0 Å². The summed E-state index contributed by atoms with van der Waals surface area (Å²) in [6.07, 6.45) is 0. The lowest BCUT2D eigenvalue weighted by Crippen LogP contribution is -2.07. The standard InChI is InChI=1S/C10H15N3O4/c1-3-16-7-5-6(11)9(13(14)15)10(8(7)12)17-4-2/h5H,3-4,11-12H2,1-2H3. The number of hydrogen-bond donors (Lipinski definition) is 2. The Bertz CT molecular complexity index is 434. The van der Waals surface area contributed by atoms with Crippen LogP contribution < -0.4 is 20.9 Å². The van der Waals surface area contributed by atoms with E-state index in [1.54, 1.807) is 13.8 Å². The van der Waals surface area contributed by atoms with Crippen LogP contribution in [0.2, 0.25) is 0 Å². The Labute approximate surface area is 98.5 Å². The molecule has 1 rings (SSSR count). The van der Waals surface area contributed by atoms with Gasteiger partial charge >= 0.3 is 5.69 Å². The van der Waals surface area contributed by atoms with Crippen LogP contribution >= 0.6 is 0 Å². The Morgan fingerprint density at radius 2 is 1.88 bits per heavy atom. The number of nitro benzene ring substituents is 1. The van der Waals surface area contributed by atoms with Gasteiger partial charge in [0.15, 0.2) is 0 Å². The number of ether oxygens (including phenoxy) is 2. The molecule has 0 bridgehead atoms. The van der Waals surface area contributed by atoms with Crippen LogP contribution in [0.15, 0.2) is 6.07 Å². The quantitative estimate of drug-likeness (QED) is 0.459. The van der Waals surface area contributed by atoms with Crippen molar-refractivity contribution in [3.8, 4) is 11.5 Å². The largest absolute Gasteiger partial charge is 0.491 e. The summed E-state index contributed by atoms with van der Waals surface area (Å²) in [4.78, 5) is 10.3. The topological polar surface area (TPSA) is 114 Å². The van der Waals surface area contributed by atoms with Gasteiger partial charge in [-0.1, -0.05) is 0 Å². The smallest absolute Gasteiger partial charge is 0.336 e. The van der Waals surface area contributed by atoms with Gasteiger partial charge in [-0.05, 0) is 13.8 Å². The van der Waals surface area contributed by atoms with Gasteiger partial charge in [-0.15, -0.1) is 0 Å². The number of rotatable bonds is 5. The molecule has 0 saturated heterocycles. The Kier molecular flexibility index (Phi) is 3.97. The lowest BCUT2D eigenvalue weighted by molar-refractivity contribution is -0.384. The van der Waals surface area contributed by atoms with E-state index in [4.69, 9.17) is 20.9 Å². The molecule has 0 aliphatic carbocycles. The van der Waals surface area contributed by atoms with E-state index in [0.29, 0.717) is 12.4 Å². The highest BCUT2D eigenvalue weighted by molar-refractivity contribution is 5.80. The Balaban J connectivity index is 3.41. The molecule has 0 saturated carbocycles. The Hall–Kier alpha value is -2.18. The summed E-state index contributed by atoms with van der Waals surface area (Å²) < 4.78 is 10.4. The maximum atomic E-state index is 10.9. The van der Waals surface area contributed by atoms with Gasteiger partial charge in [-0.2, -0.15) is 0 Å². The van der Waals surface area contributed by atoms with E-state index < -0.39 is 4.92 Å². The van der Waals surface area contributed by atoms with Crippen LogP contribution in [0.1, 0.15) is 13.8 Å². The Morgan fingerprint density at radius 1 is 1.29 bits per heavy atom. The summed E-state index contributed by atoms with van der Waals surface area (Å²) in [7, 11) is 0. The summed E-state index contributed by atoms with van der Waals surface area (Å²) >= 11 is 0. The molecule has 94 valence electrons. The van der Waals surface area contributed by atoms with E-state index in [0.717, 1.165) is 0 Å². The second kappa shape index (κ2) is 5.24. The van der Waals surface area contributed by atoms with Crippen LogP contribution in [0.4, 0.5) is 17.1 Å². The number of nitrogens with zero attached hydrogens (tertiary/aromatic N) is 1. The van der Waals surface area contributed by atoms with Crippen molar-refractivity contribution < 1.29 is 14.4 Å². The molecule has 0 amide bonds. The first-order chi connectivity index (χ1) is 8.02. The van der Waals surface area contributed by atoms with Crippen molar-refractivity contribution in [2.45, 2.75) is 13.8 Å². The number of nitrogen functional groups attached to an aromatic ring is 2. The van der Waals surface area contributed by atoms with E-state index in [-0.39, 0.29) is 29.4 Å². The van der Waals surface area contributed by atoms with Gasteiger partial charge in [0.2, 0.25) is 5.75 Å². The normalized spacial score (nSPS) is 10.0. The van der Waals surface area contributed by atoms with Gasteiger partial charge in [0, 0.05) is 6.07 Å². The number of hydrogen-bond acceptors (Lipinski definition) is 6. The molecule has 0 spiro atoms. The van der Waals surface area contributed by atoms with Gasteiger partial charge in [-0.3, -0.25) is 10.1 Å². The fraction of sp³-hybridized carbons (Fsp3) is 0.400. The van der Waals surface area contributed by atoms with Gasteiger partial charge in [-0.25, -0.2) is 0 Å². The van der Waals surface area contributed by atoms with Gasteiger partial charge in [0.1, 0.15) is 17.1 Å². The third-order valence-corrected chi connectivity index (χ3v) is 2.06. The zero-order valence-electron chi connectivity index (χ0n) is 9.73. The molecule has 0 aliphatic heterocycles. The summed E-state index contributed by atoms with van der Waals surface area (Å²) in [5.74, 6) is 0.250. The first-order valence-corrected chi connectivity index (χ1v) is 5.14. The fourth-order valence-corrected chi connectivity index (χ4v) is 1.41. The zero-order valence-corrected chi connectivity index (χ0v) is 9.73. The van der Waals surface area contributed by atoms with Crippen molar-refractivity contribution in [2.24, 2.45) is 0 Å². The highest BCUT2D eigenvalue weighted by Gasteiger charge is 2.25. The number of benzene rings is 1. The molecule has 1 aromatic rings. The predicted molar refractivity (Wildman–Crippen MR) is 64.3 cm³/mol. The van der Waals surface area contributed by atoms with Gasteiger partial charge < -0.3 is 20.9 Å². The minimum Gasteiger partial charge on any atom is -0.491 e. The van der Waals surface area contributed by atoms with Crippen molar-refractivity contribution in [2.75, 3.05) is 24.7 Å². The SMILES string of the molecule is CCOc1cc(N)c([N+](=O)[O-])c(OCC)c1N. The second-order valence-electron chi connectivity index (χ2n) is 3.18. The number of nitrogens with two attached hydrogens (primary N) is 2. The molecular formula is C10H15N3O4. The predicted octanol–water partition coefficient (Wildman–Crippen LogP) is 1.56. The third kappa shape index (κ3) is 2.49. The van der Waals surface area contributed by atoms with Crippen molar-refractivity contribution in [3.05, 3.63) is 16.2 Å². The van der Waals surface area contributed by atoms with Crippen molar-refractivity contribution in [3.63, 3.8) is 0 Å². The van der Waals surface area contributed by atoms with E-state index in [1.807, 2.05) is 0 Å². The average molecular weight is 241 g/mol. The molecule has 0 aliphatic rings. The molecule has 1 aromatic carbocycles. The molecule has 17 heavy (non-hydrogen) atoms. The van der Waals surface area contributed by atoms with Gasteiger partial charge in [0.25, 0.3) is 0 Å². The van der Waals surface area contributed by atoms with Crippen molar-refractivity contribution in [1.82, 2.24) is 0 Å². The lowest BCUT2D eigenvalue weighted by atomic mass is 10.2. The molecule has 4 N–H and O–H groups in total. The minimum absolute atomic E-state index is 0.0314. The van der Waals surface area contributed by atoms with Crippen LogP contribution in [-0.4, -0.2) is 18.1 Å². The molecule has 7 nitrogen and oxygen atoms in total. The molecule has 0 fully saturated rings. The third-order valence-electron chi connectivity index (χ3n) is 2.06. The number of nitro groups is 1. The van der Waals surface area contributed by atoms with E-state index >= 15 is 0 Å². The summed E-state index contributed by atoms with van der Waals surface area (Å²) in [5, 5.41) is 10.9. The summed E-state index contributed by atoms with van der Waals surface area (Å²) in [5.41, 5.74) is 11.1. The first-order valence-electron chi connectivity index (χ1n) is 5.14. The van der Waals surface area contributed by atoms with Crippen LogP contribution in [0.3, 0.4) is 0 Å². The lowest BCUT2D eigenvalue weighted by Gasteiger charge is -2.13. The molecule has 0 atom stereocenters. The van der Waals surface area contributed by atoms with E-state index in [2.05, 4.69) is 0 Å². The first kappa shape index (κ1) is 12.9. The maximum Gasteiger partial charge on any atom is 0.336 e. The van der Waals surface area contributed by atoms with Gasteiger partial charge in [0.05, 0.1) is 18.1 Å². The van der Waals surface area contributed by atoms with Crippen molar-refractivity contribution in [1.29, 1.82) is 0 Å². The zero-order chi connectivity index (χ0) is 13.0. The Morgan fingerprint density at radius 3 is 2.35 bits per heavy atom. The van der Waals surface area contributed by atoms with E-state index in [1.165, 1.54) is 6.07 Å². The van der Waals surface area contributed by atoms with Crippen LogP contribution in [0, 0.1) is 10.1 Å². The molecule has 0 unspecified atom stereocenters. The monoisotopic (exact) mass is 241 g/mol. The maximum absolute atomic E-state index is 10.9. The molecular weight excluding hydrogens is 226 g/mol. The highest BCUT2D eigenvalue weighted by atomic mass is 16.6. The van der Waals surface area contributed by atoms with E-state index in [9.17, 15) is 10.1 Å². The summed E-state index contributed by atoms with van der Waals surface area (Å²) in [6.45, 7) is 4.11. The highest BCUT2D eigenvalue weighted by Crippen LogP contribution is 2.44. The average Bonchev–Trinajstić information content (AvgIpc) is 2.25. The van der Waals surface area contributed by atoms with Crippen LogP contribution in [0.5, 0.6) is 11.5 Å². The summed E-state index contributed by atoms with van der Waals surface area (Å²) in [6, 6.07) is 1.33. The van der Waals surface area contributed by atoms with Crippen molar-refractivity contribution >= 4 is 17.1 Å². The van der Waals surface area contributed by atoms with Crippen LogP contribution in [0.25, 0.3) is 0 Å². The molecule has 7 heteroatoms. The number of anilines is 2. The molecule has 0 aromatic heterocycles. The second-order valence-corrected chi connectivity index (χ2v) is 3.18. The fourth-order valence-electron chi connectivity index (χ4n) is 1.41. The molecule has 0 radical (unpaired) electrons.